The molecule has 2 rings (SSSR count). The number of nitrogens with zero attached hydrogens (tertiary/aromatic N) is 4. The van der Waals surface area contributed by atoms with Gasteiger partial charge in [0.25, 0.3) is 0 Å². The second-order valence-electron chi connectivity index (χ2n) is 5.02. The van der Waals surface area contributed by atoms with Crippen molar-refractivity contribution >= 4 is 17.5 Å². The van der Waals surface area contributed by atoms with Crippen molar-refractivity contribution in [3.63, 3.8) is 0 Å². The molecule has 0 unspecified atom stereocenters. The van der Waals surface area contributed by atoms with Crippen molar-refractivity contribution in [2.75, 3.05) is 43.1 Å². The van der Waals surface area contributed by atoms with Crippen molar-refractivity contribution in [1.82, 2.24) is 0 Å². The SMILES string of the molecule is CCN1CCN(CC)c2cc(OC)c(C=C(C#N)C#N)cc21. The van der Waals surface area contributed by atoms with E-state index < -0.39 is 0 Å². The molecule has 0 bridgehead atoms. The monoisotopic (exact) mass is 296 g/mol. The summed E-state index contributed by atoms with van der Waals surface area (Å²) in [6, 6.07) is 7.80. The van der Waals surface area contributed by atoms with E-state index in [9.17, 15) is 0 Å². The molecule has 0 saturated carbocycles. The normalized spacial score (nSPS) is 13.0. The summed E-state index contributed by atoms with van der Waals surface area (Å²) in [5.41, 5.74) is 3.10. The standard InChI is InChI=1S/C17H20N4O/c1-4-20-6-7-21(5-2)16-10-17(22-3)14(9-15(16)20)8-13(11-18)12-19/h8-10H,4-7H2,1-3H3. The topological polar surface area (TPSA) is 63.3 Å². The van der Waals surface area contributed by atoms with Crippen LogP contribution in [0.5, 0.6) is 5.75 Å². The Bertz CT molecular complexity index is 650. The number of nitriles is 2. The maximum atomic E-state index is 8.97. The molecule has 0 aliphatic carbocycles. The first-order valence-corrected chi connectivity index (χ1v) is 7.42. The molecule has 1 aromatic rings. The molecule has 1 heterocycles. The van der Waals surface area contributed by atoms with Gasteiger partial charge in [-0.25, -0.2) is 0 Å². The van der Waals surface area contributed by atoms with Gasteiger partial charge in [0.2, 0.25) is 0 Å². The highest BCUT2D eigenvalue weighted by Crippen LogP contribution is 2.39. The second-order valence-corrected chi connectivity index (χ2v) is 5.02. The van der Waals surface area contributed by atoms with Crippen molar-refractivity contribution in [2.24, 2.45) is 0 Å². The highest BCUT2D eigenvalue weighted by molar-refractivity contribution is 5.81. The Morgan fingerprint density at radius 1 is 1.14 bits per heavy atom. The Labute approximate surface area is 131 Å². The molecular formula is C17H20N4O. The molecule has 0 amide bonds. The molecule has 0 radical (unpaired) electrons. The van der Waals surface area contributed by atoms with Gasteiger partial charge in [0.05, 0.1) is 18.5 Å². The number of anilines is 2. The summed E-state index contributed by atoms with van der Waals surface area (Å²) in [4.78, 5) is 4.61. The maximum Gasteiger partial charge on any atom is 0.130 e. The zero-order valence-electron chi connectivity index (χ0n) is 13.3. The maximum absolute atomic E-state index is 8.97. The van der Waals surface area contributed by atoms with E-state index in [-0.39, 0.29) is 5.57 Å². The summed E-state index contributed by atoms with van der Waals surface area (Å²) in [6.07, 6.45) is 1.58. The van der Waals surface area contributed by atoms with E-state index in [2.05, 4.69) is 23.6 Å². The third kappa shape index (κ3) is 2.84. The molecule has 0 N–H and O–H groups in total. The lowest BCUT2D eigenvalue weighted by atomic mass is 10.1. The van der Waals surface area contributed by atoms with Crippen LogP contribution >= 0.6 is 0 Å². The summed E-state index contributed by atoms with van der Waals surface area (Å²) in [5.74, 6) is 0.679. The van der Waals surface area contributed by atoms with Crippen molar-refractivity contribution in [1.29, 1.82) is 10.5 Å². The summed E-state index contributed by atoms with van der Waals surface area (Å²) in [5, 5.41) is 17.9. The Balaban J connectivity index is 2.61. The number of fused-ring (bicyclic) bond motifs is 1. The lowest BCUT2D eigenvalue weighted by Gasteiger charge is -2.38. The first-order valence-electron chi connectivity index (χ1n) is 7.42. The number of likely N-dealkylation sites (N-methyl/N-ethyl adjacent to an activating group) is 2. The average molecular weight is 296 g/mol. The van der Waals surface area contributed by atoms with Gasteiger partial charge < -0.3 is 14.5 Å². The highest BCUT2D eigenvalue weighted by Gasteiger charge is 2.23. The summed E-state index contributed by atoms with van der Waals surface area (Å²) >= 11 is 0. The quantitative estimate of drug-likeness (QED) is 0.799. The first kappa shape index (κ1) is 15.7. The fourth-order valence-electron chi connectivity index (χ4n) is 2.75. The fourth-order valence-corrected chi connectivity index (χ4v) is 2.75. The largest absolute Gasteiger partial charge is 0.496 e. The lowest BCUT2D eigenvalue weighted by Crippen LogP contribution is -2.41. The van der Waals surface area contributed by atoms with Crippen LogP contribution in [0.4, 0.5) is 11.4 Å². The van der Waals surface area contributed by atoms with Gasteiger partial charge in [-0.05, 0) is 26.0 Å². The van der Waals surface area contributed by atoms with E-state index in [1.54, 1.807) is 13.2 Å². The second kappa shape index (κ2) is 6.87. The highest BCUT2D eigenvalue weighted by atomic mass is 16.5. The van der Waals surface area contributed by atoms with Gasteiger partial charge >= 0.3 is 0 Å². The number of allylic oxidation sites excluding steroid dienone is 1. The van der Waals surface area contributed by atoms with E-state index >= 15 is 0 Å². The Morgan fingerprint density at radius 2 is 1.68 bits per heavy atom. The van der Waals surface area contributed by atoms with Crippen LogP contribution in [-0.2, 0) is 0 Å². The molecule has 1 aliphatic rings. The third-order valence-corrected chi connectivity index (χ3v) is 3.95. The summed E-state index contributed by atoms with van der Waals surface area (Å²) < 4.78 is 5.45. The van der Waals surface area contributed by atoms with Crippen LogP contribution in [0.1, 0.15) is 19.4 Å². The van der Waals surface area contributed by atoms with Gasteiger partial charge in [-0.3, -0.25) is 0 Å². The Kier molecular flexibility index (Phi) is 4.91. The molecule has 22 heavy (non-hydrogen) atoms. The third-order valence-electron chi connectivity index (χ3n) is 3.95. The minimum Gasteiger partial charge on any atom is -0.496 e. The van der Waals surface area contributed by atoms with Crippen LogP contribution in [0.25, 0.3) is 6.08 Å². The molecule has 5 heteroatoms. The van der Waals surface area contributed by atoms with E-state index in [0.29, 0.717) is 5.75 Å². The minimum absolute atomic E-state index is 0.0736. The predicted molar refractivity (Wildman–Crippen MR) is 88.0 cm³/mol. The number of ether oxygens (including phenoxy) is 1. The fraction of sp³-hybridized carbons (Fsp3) is 0.412. The molecular weight excluding hydrogens is 276 g/mol. The molecule has 0 fully saturated rings. The van der Waals surface area contributed by atoms with Crippen LogP contribution < -0.4 is 14.5 Å². The predicted octanol–water partition coefficient (Wildman–Crippen LogP) is 2.79. The van der Waals surface area contributed by atoms with Gasteiger partial charge in [0, 0.05) is 37.8 Å². The molecule has 1 aliphatic heterocycles. The smallest absolute Gasteiger partial charge is 0.130 e. The molecule has 5 nitrogen and oxygen atoms in total. The van der Waals surface area contributed by atoms with Crippen LogP contribution in [0.2, 0.25) is 0 Å². The number of hydrogen-bond acceptors (Lipinski definition) is 5. The van der Waals surface area contributed by atoms with Crippen molar-refractivity contribution in [3.8, 4) is 17.9 Å². The minimum atomic E-state index is 0.0736. The Morgan fingerprint density at radius 3 is 2.14 bits per heavy atom. The molecule has 0 saturated heterocycles. The van der Waals surface area contributed by atoms with E-state index in [1.165, 1.54) is 0 Å². The molecule has 1 aromatic carbocycles. The number of methoxy groups -OCH3 is 1. The van der Waals surface area contributed by atoms with E-state index in [4.69, 9.17) is 15.3 Å². The van der Waals surface area contributed by atoms with E-state index in [0.717, 1.165) is 43.1 Å². The molecule has 0 spiro atoms. The Hall–Kier alpha value is -2.66. The zero-order chi connectivity index (χ0) is 16.1. The van der Waals surface area contributed by atoms with E-state index in [1.807, 2.05) is 24.3 Å². The molecule has 0 atom stereocenters. The van der Waals surface area contributed by atoms with Gasteiger partial charge in [-0.1, -0.05) is 0 Å². The van der Waals surface area contributed by atoms with Gasteiger partial charge in [0.15, 0.2) is 0 Å². The zero-order valence-corrected chi connectivity index (χ0v) is 13.3. The first-order chi connectivity index (χ1) is 10.7. The summed E-state index contributed by atoms with van der Waals surface area (Å²) in [7, 11) is 1.61. The van der Waals surface area contributed by atoms with Gasteiger partial charge in [-0.2, -0.15) is 10.5 Å². The lowest BCUT2D eigenvalue weighted by molar-refractivity contribution is 0.413. The van der Waals surface area contributed by atoms with Crippen molar-refractivity contribution in [2.45, 2.75) is 13.8 Å². The van der Waals surface area contributed by atoms with Gasteiger partial charge in [0.1, 0.15) is 23.5 Å². The number of benzene rings is 1. The van der Waals surface area contributed by atoms with Crippen LogP contribution in [0.15, 0.2) is 17.7 Å². The van der Waals surface area contributed by atoms with Crippen molar-refractivity contribution < 1.29 is 4.74 Å². The van der Waals surface area contributed by atoms with Crippen LogP contribution in [0, 0.1) is 22.7 Å². The van der Waals surface area contributed by atoms with Crippen LogP contribution in [0.3, 0.4) is 0 Å². The molecule has 114 valence electrons. The molecule has 0 aromatic heterocycles. The van der Waals surface area contributed by atoms with Gasteiger partial charge in [-0.15, -0.1) is 0 Å². The summed E-state index contributed by atoms with van der Waals surface area (Å²) in [6.45, 7) is 8.07. The van der Waals surface area contributed by atoms with Crippen LogP contribution in [-0.4, -0.2) is 33.3 Å². The van der Waals surface area contributed by atoms with Crippen molar-refractivity contribution in [3.05, 3.63) is 23.3 Å². The average Bonchev–Trinajstić information content (AvgIpc) is 2.57. The number of rotatable bonds is 4. The number of hydrogen-bond donors (Lipinski definition) is 0.